The molecule has 1 rings (SSSR count). The molecule has 0 aromatic rings. The second-order valence-electron chi connectivity index (χ2n) is 5.90. The van der Waals surface area contributed by atoms with E-state index in [1.165, 1.54) is 0 Å². The zero-order valence-corrected chi connectivity index (χ0v) is 17.6. The first kappa shape index (κ1) is 23.2. The average Bonchev–Trinajstić information content (AvgIpc) is 2.57. The Kier molecular flexibility index (Phi) is 14.0. The molecular formula is C17H34IN5O. The molecule has 7 heteroatoms. The fourth-order valence-electron chi connectivity index (χ4n) is 2.59. The average molecular weight is 451 g/mol. The summed E-state index contributed by atoms with van der Waals surface area (Å²) in [6.07, 6.45) is 8.26. The number of amides is 1. The number of carbonyl (C=O) groups is 1. The van der Waals surface area contributed by atoms with Gasteiger partial charge in [-0.2, -0.15) is 0 Å². The largest absolute Gasteiger partial charge is 0.356 e. The Bertz CT molecular complexity index is 392. The van der Waals surface area contributed by atoms with Crippen LogP contribution < -0.4 is 16.0 Å². The molecule has 0 radical (unpaired) electrons. The van der Waals surface area contributed by atoms with E-state index in [0.717, 1.165) is 57.8 Å². The highest BCUT2D eigenvalue weighted by Gasteiger charge is 2.21. The minimum atomic E-state index is 0. The van der Waals surface area contributed by atoms with Crippen molar-refractivity contribution in [1.82, 2.24) is 20.9 Å². The van der Waals surface area contributed by atoms with Gasteiger partial charge in [0.15, 0.2) is 5.96 Å². The van der Waals surface area contributed by atoms with Gasteiger partial charge in [-0.15, -0.1) is 24.0 Å². The van der Waals surface area contributed by atoms with E-state index in [4.69, 9.17) is 0 Å². The number of likely N-dealkylation sites (tertiary alicyclic amines) is 1. The maximum Gasteiger partial charge on any atom is 0.234 e. The minimum Gasteiger partial charge on any atom is -0.356 e. The molecule has 1 aliphatic heterocycles. The van der Waals surface area contributed by atoms with E-state index in [9.17, 15) is 4.79 Å². The van der Waals surface area contributed by atoms with E-state index < -0.39 is 0 Å². The van der Waals surface area contributed by atoms with E-state index in [-0.39, 0.29) is 29.9 Å². The maximum absolute atomic E-state index is 11.7. The van der Waals surface area contributed by atoms with E-state index >= 15 is 0 Å². The van der Waals surface area contributed by atoms with Crippen LogP contribution in [0.15, 0.2) is 17.1 Å². The molecule has 1 saturated heterocycles. The number of aliphatic imine (C=N–C) groups is 1. The van der Waals surface area contributed by atoms with Crippen molar-refractivity contribution >= 4 is 35.8 Å². The Labute approximate surface area is 163 Å². The number of nitrogens with one attached hydrogen (secondary N) is 3. The molecule has 140 valence electrons. The third-order valence-corrected chi connectivity index (χ3v) is 3.93. The lowest BCUT2D eigenvalue weighted by Gasteiger charge is -2.32. The Hall–Kier alpha value is -0.830. The van der Waals surface area contributed by atoms with Crippen LogP contribution in [-0.2, 0) is 4.79 Å². The molecule has 24 heavy (non-hydrogen) atoms. The van der Waals surface area contributed by atoms with Crippen molar-refractivity contribution < 1.29 is 4.79 Å². The molecule has 0 spiro atoms. The Morgan fingerprint density at radius 3 is 2.54 bits per heavy atom. The summed E-state index contributed by atoms with van der Waals surface area (Å²) in [6, 6.07) is 0.429. The molecule has 1 amide bonds. The summed E-state index contributed by atoms with van der Waals surface area (Å²) < 4.78 is 0. The van der Waals surface area contributed by atoms with Crippen LogP contribution in [0.2, 0.25) is 0 Å². The summed E-state index contributed by atoms with van der Waals surface area (Å²) in [6.45, 7) is 8.18. The number of carbonyl (C=O) groups excluding carboxylic acids is 1. The summed E-state index contributed by atoms with van der Waals surface area (Å²) in [7, 11) is 1.80. The quantitative estimate of drug-likeness (QED) is 0.173. The highest BCUT2D eigenvalue weighted by molar-refractivity contribution is 14.0. The minimum absolute atomic E-state index is 0. The smallest absolute Gasteiger partial charge is 0.234 e. The number of rotatable bonds is 8. The summed E-state index contributed by atoms with van der Waals surface area (Å²) >= 11 is 0. The maximum atomic E-state index is 11.7. The molecule has 0 aliphatic carbocycles. The van der Waals surface area contributed by atoms with Gasteiger partial charge in [-0.3, -0.25) is 14.7 Å². The summed E-state index contributed by atoms with van der Waals surface area (Å²) in [4.78, 5) is 18.2. The number of hydrogen-bond donors (Lipinski definition) is 3. The van der Waals surface area contributed by atoms with Crippen LogP contribution in [-0.4, -0.2) is 62.6 Å². The van der Waals surface area contributed by atoms with Gasteiger partial charge in [-0.1, -0.05) is 19.1 Å². The molecule has 0 atom stereocenters. The molecule has 0 unspecified atom stereocenters. The zero-order chi connectivity index (χ0) is 16.9. The summed E-state index contributed by atoms with van der Waals surface area (Å²) in [5, 5.41) is 9.74. The fraction of sp³-hybridized carbons (Fsp3) is 0.765. The topological polar surface area (TPSA) is 68.8 Å². The monoisotopic (exact) mass is 451 g/mol. The summed E-state index contributed by atoms with van der Waals surface area (Å²) in [5.74, 6) is 1.01. The fourth-order valence-corrected chi connectivity index (χ4v) is 2.59. The van der Waals surface area contributed by atoms with E-state index in [0.29, 0.717) is 12.6 Å². The molecule has 0 aromatic carbocycles. The van der Waals surface area contributed by atoms with Gasteiger partial charge in [0, 0.05) is 39.3 Å². The van der Waals surface area contributed by atoms with Gasteiger partial charge in [-0.25, -0.2) is 0 Å². The predicted octanol–water partition coefficient (Wildman–Crippen LogP) is 1.73. The van der Waals surface area contributed by atoms with Crippen LogP contribution in [0.3, 0.4) is 0 Å². The molecule has 0 aromatic heterocycles. The van der Waals surface area contributed by atoms with Gasteiger partial charge in [0.05, 0.1) is 6.54 Å². The normalized spacial score (nSPS) is 16.7. The van der Waals surface area contributed by atoms with Gasteiger partial charge >= 0.3 is 0 Å². The van der Waals surface area contributed by atoms with E-state index in [1.54, 1.807) is 7.05 Å². The molecule has 1 aliphatic rings. The first-order chi connectivity index (χ1) is 11.2. The van der Waals surface area contributed by atoms with Crippen molar-refractivity contribution in [2.24, 2.45) is 4.99 Å². The molecule has 3 N–H and O–H groups in total. The van der Waals surface area contributed by atoms with Crippen molar-refractivity contribution in [2.75, 3.05) is 39.8 Å². The number of guanidine groups is 1. The first-order valence-electron chi connectivity index (χ1n) is 8.77. The van der Waals surface area contributed by atoms with E-state index in [1.807, 2.05) is 6.92 Å². The lowest BCUT2D eigenvalue weighted by Crippen LogP contribution is -2.50. The standard InChI is InChI=1S/C17H33N5O.HI/c1-4-6-7-11-20-17(18-3)21-15-8-12-22(13-9-15)14-16(23)19-10-5-2;/h4,6,15H,5,7-14H2,1-3H3,(H,19,23)(H2,18,20,21);1H/b6-4+;. The van der Waals surface area contributed by atoms with Crippen molar-refractivity contribution in [3.8, 4) is 0 Å². The lowest BCUT2D eigenvalue weighted by molar-refractivity contribution is -0.122. The molecule has 0 bridgehead atoms. The number of hydrogen-bond acceptors (Lipinski definition) is 3. The molecule has 1 fully saturated rings. The Morgan fingerprint density at radius 1 is 1.25 bits per heavy atom. The van der Waals surface area contributed by atoms with Crippen LogP contribution in [0.1, 0.15) is 39.5 Å². The van der Waals surface area contributed by atoms with Gasteiger partial charge in [0.25, 0.3) is 0 Å². The van der Waals surface area contributed by atoms with Crippen LogP contribution in [0.25, 0.3) is 0 Å². The SMILES string of the molecule is C/C=C/CCNC(=NC)NC1CCN(CC(=O)NCCC)CC1.I. The number of allylic oxidation sites excluding steroid dienone is 1. The Balaban J connectivity index is 0.00000529. The Morgan fingerprint density at radius 2 is 1.96 bits per heavy atom. The first-order valence-corrected chi connectivity index (χ1v) is 8.77. The van der Waals surface area contributed by atoms with Crippen molar-refractivity contribution in [3.63, 3.8) is 0 Å². The second-order valence-corrected chi connectivity index (χ2v) is 5.90. The van der Waals surface area contributed by atoms with Crippen LogP contribution >= 0.6 is 24.0 Å². The number of nitrogens with zero attached hydrogens (tertiary/aromatic N) is 2. The van der Waals surface area contributed by atoms with Crippen LogP contribution in [0.4, 0.5) is 0 Å². The molecular weight excluding hydrogens is 417 g/mol. The molecule has 6 nitrogen and oxygen atoms in total. The van der Waals surface area contributed by atoms with Gasteiger partial charge in [0.1, 0.15) is 0 Å². The molecule has 0 saturated carbocycles. The molecule has 1 heterocycles. The van der Waals surface area contributed by atoms with Gasteiger partial charge in [-0.05, 0) is 32.6 Å². The van der Waals surface area contributed by atoms with Crippen molar-refractivity contribution in [2.45, 2.75) is 45.6 Å². The van der Waals surface area contributed by atoms with E-state index in [2.05, 4.69) is 44.9 Å². The van der Waals surface area contributed by atoms with Crippen LogP contribution in [0.5, 0.6) is 0 Å². The zero-order valence-electron chi connectivity index (χ0n) is 15.3. The van der Waals surface area contributed by atoms with Crippen molar-refractivity contribution in [3.05, 3.63) is 12.2 Å². The third kappa shape index (κ3) is 10.1. The van der Waals surface area contributed by atoms with Gasteiger partial charge in [0.2, 0.25) is 5.91 Å². The highest BCUT2D eigenvalue weighted by Crippen LogP contribution is 2.09. The van der Waals surface area contributed by atoms with Gasteiger partial charge < -0.3 is 16.0 Å². The predicted molar refractivity (Wildman–Crippen MR) is 112 cm³/mol. The lowest BCUT2D eigenvalue weighted by atomic mass is 10.1. The van der Waals surface area contributed by atoms with Crippen LogP contribution in [0, 0.1) is 0 Å². The number of piperidine rings is 1. The second kappa shape index (κ2) is 14.5. The highest BCUT2D eigenvalue weighted by atomic mass is 127. The number of halogens is 1. The van der Waals surface area contributed by atoms with Crippen molar-refractivity contribution in [1.29, 1.82) is 0 Å². The third-order valence-electron chi connectivity index (χ3n) is 3.93. The summed E-state index contributed by atoms with van der Waals surface area (Å²) in [5.41, 5.74) is 0.